The van der Waals surface area contributed by atoms with Gasteiger partial charge in [0.1, 0.15) is 34.5 Å². The van der Waals surface area contributed by atoms with Crippen LogP contribution in [-0.4, -0.2) is 10.2 Å². The molecule has 168 valence electrons. The number of phenols is 2. The number of rotatable bonds is 6. The summed E-state index contributed by atoms with van der Waals surface area (Å²) in [6.07, 6.45) is 0. The second-order valence-corrected chi connectivity index (χ2v) is 8.29. The Kier molecular flexibility index (Phi) is 5.75. The topological polar surface area (TPSA) is 111 Å². The molecule has 0 aliphatic rings. The highest BCUT2D eigenvalue weighted by atomic mass is 16.5. The summed E-state index contributed by atoms with van der Waals surface area (Å²) >= 11 is 0. The molecule has 0 saturated carbocycles. The number of anilines is 2. The Hall–Kier alpha value is -4.32. The molecule has 0 aliphatic heterocycles. The first kappa shape index (κ1) is 21.9. The lowest BCUT2D eigenvalue weighted by atomic mass is 9.77. The second-order valence-electron chi connectivity index (χ2n) is 8.29. The number of phenolic OH excluding ortho intramolecular Hbond substituents is 2. The minimum absolute atomic E-state index is 0.0412. The van der Waals surface area contributed by atoms with E-state index in [1.165, 1.54) is 12.1 Å². The Balaban J connectivity index is 1.76. The lowest BCUT2D eigenvalue weighted by molar-refractivity contribution is 0.439. The second kappa shape index (κ2) is 8.67. The van der Waals surface area contributed by atoms with Crippen molar-refractivity contribution in [2.45, 2.75) is 19.3 Å². The zero-order valence-electron chi connectivity index (χ0n) is 18.4. The molecule has 4 aromatic rings. The van der Waals surface area contributed by atoms with E-state index in [-0.39, 0.29) is 22.9 Å². The Morgan fingerprint density at radius 3 is 1.73 bits per heavy atom. The summed E-state index contributed by atoms with van der Waals surface area (Å²) in [6, 6.07) is 25.1. The van der Waals surface area contributed by atoms with Crippen LogP contribution in [0.15, 0.2) is 84.9 Å². The van der Waals surface area contributed by atoms with Crippen molar-refractivity contribution in [2.24, 2.45) is 0 Å². The summed E-state index contributed by atoms with van der Waals surface area (Å²) in [5.41, 5.74) is 13.5. The highest BCUT2D eigenvalue weighted by molar-refractivity contribution is 5.58. The number of ether oxygens (including phenoxy) is 2. The lowest BCUT2D eigenvalue weighted by Gasteiger charge is -2.29. The van der Waals surface area contributed by atoms with Gasteiger partial charge < -0.3 is 31.2 Å². The molecule has 0 bridgehead atoms. The van der Waals surface area contributed by atoms with E-state index in [4.69, 9.17) is 20.9 Å². The fraction of sp³-hybridized carbons (Fsp3) is 0.111. The third-order valence-electron chi connectivity index (χ3n) is 5.59. The number of nitrogen functional groups attached to an aromatic ring is 2. The molecule has 4 rings (SSSR count). The molecule has 0 aliphatic carbocycles. The molecule has 0 aromatic heterocycles. The van der Waals surface area contributed by atoms with Crippen LogP contribution in [0.5, 0.6) is 34.5 Å². The van der Waals surface area contributed by atoms with Crippen molar-refractivity contribution in [1.29, 1.82) is 0 Å². The molecule has 0 radical (unpaired) electrons. The first-order chi connectivity index (χ1) is 15.7. The van der Waals surface area contributed by atoms with Gasteiger partial charge in [0.05, 0.1) is 11.4 Å². The first-order valence-corrected chi connectivity index (χ1v) is 10.5. The number of hydrogen-bond acceptors (Lipinski definition) is 6. The van der Waals surface area contributed by atoms with Gasteiger partial charge in [-0.05, 0) is 48.0 Å². The molecular formula is C27H26N2O4. The van der Waals surface area contributed by atoms with E-state index in [1.807, 2.05) is 30.3 Å². The van der Waals surface area contributed by atoms with Gasteiger partial charge in [-0.1, -0.05) is 44.2 Å². The highest BCUT2D eigenvalue weighted by Gasteiger charge is 2.28. The molecule has 0 spiro atoms. The number of hydrogen-bond donors (Lipinski definition) is 4. The van der Waals surface area contributed by atoms with Gasteiger partial charge in [-0.2, -0.15) is 0 Å². The Labute approximate surface area is 192 Å². The molecule has 0 heterocycles. The van der Waals surface area contributed by atoms with Crippen LogP contribution < -0.4 is 20.9 Å². The SMILES string of the molecule is CC(C)(c1ccccc1)c1cc(Oc2ccc(N)c(O)c2)ccc1Oc1ccc(N)c(O)c1. The number of benzene rings is 4. The van der Waals surface area contributed by atoms with Gasteiger partial charge in [0.25, 0.3) is 0 Å². The summed E-state index contributed by atoms with van der Waals surface area (Å²) in [5, 5.41) is 19.9. The summed E-state index contributed by atoms with van der Waals surface area (Å²) in [7, 11) is 0. The minimum Gasteiger partial charge on any atom is -0.506 e. The third-order valence-corrected chi connectivity index (χ3v) is 5.59. The maximum atomic E-state index is 9.98. The smallest absolute Gasteiger partial charge is 0.142 e. The van der Waals surface area contributed by atoms with Crippen LogP contribution in [0.4, 0.5) is 11.4 Å². The number of nitrogens with two attached hydrogens (primary N) is 2. The third kappa shape index (κ3) is 4.65. The molecular weight excluding hydrogens is 416 g/mol. The Morgan fingerprint density at radius 2 is 1.15 bits per heavy atom. The maximum Gasteiger partial charge on any atom is 0.142 e. The van der Waals surface area contributed by atoms with Gasteiger partial charge in [-0.3, -0.25) is 0 Å². The van der Waals surface area contributed by atoms with Crippen molar-refractivity contribution in [2.75, 3.05) is 11.5 Å². The van der Waals surface area contributed by atoms with Crippen LogP contribution >= 0.6 is 0 Å². The fourth-order valence-corrected chi connectivity index (χ4v) is 3.60. The van der Waals surface area contributed by atoms with Crippen molar-refractivity contribution >= 4 is 11.4 Å². The van der Waals surface area contributed by atoms with Crippen molar-refractivity contribution in [1.82, 2.24) is 0 Å². The quantitative estimate of drug-likeness (QED) is 0.210. The number of aromatic hydroxyl groups is 2. The van der Waals surface area contributed by atoms with Gasteiger partial charge in [-0.15, -0.1) is 0 Å². The largest absolute Gasteiger partial charge is 0.506 e. The van der Waals surface area contributed by atoms with Gasteiger partial charge >= 0.3 is 0 Å². The molecule has 6 heteroatoms. The molecule has 0 fully saturated rings. The van der Waals surface area contributed by atoms with Crippen molar-refractivity contribution < 1.29 is 19.7 Å². The van der Waals surface area contributed by atoms with Crippen molar-refractivity contribution in [3.8, 4) is 34.5 Å². The lowest BCUT2D eigenvalue weighted by Crippen LogP contribution is -2.19. The average Bonchev–Trinajstić information content (AvgIpc) is 2.80. The van der Waals surface area contributed by atoms with Crippen molar-refractivity contribution in [3.05, 3.63) is 96.1 Å². The molecule has 0 amide bonds. The molecule has 0 saturated heterocycles. The monoisotopic (exact) mass is 442 g/mol. The van der Waals surface area contributed by atoms with E-state index >= 15 is 0 Å². The predicted octanol–water partition coefficient (Wildman–Crippen LogP) is 6.17. The highest BCUT2D eigenvalue weighted by Crippen LogP contribution is 2.42. The fourth-order valence-electron chi connectivity index (χ4n) is 3.60. The maximum absolute atomic E-state index is 9.98. The van der Waals surface area contributed by atoms with Crippen LogP contribution in [-0.2, 0) is 5.41 Å². The van der Waals surface area contributed by atoms with Gasteiger partial charge in [0.2, 0.25) is 0 Å². The molecule has 6 N–H and O–H groups in total. The van der Waals surface area contributed by atoms with Crippen LogP contribution in [0.25, 0.3) is 0 Å². The summed E-state index contributed by atoms with van der Waals surface area (Å²) in [6.45, 7) is 4.20. The summed E-state index contributed by atoms with van der Waals surface area (Å²) in [4.78, 5) is 0. The van der Waals surface area contributed by atoms with Crippen LogP contribution in [0.1, 0.15) is 25.0 Å². The first-order valence-electron chi connectivity index (χ1n) is 10.5. The van der Waals surface area contributed by atoms with Gasteiger partial charge in [0.15, 0.2) is 0 Å². The predicted molar refractivity (Wildman–Crippen MR) is 130 cm³/mol. The minimum atomic E-state index is -0.435. The normalized spacial score (nSPS) is 11.2. The molecule has 33 heavy (non-hydrogen) atoms. The van der Waals surface area contributed by atoms with Crippen LogP contribution in [0.3, 0.4) is 0 Å². The molecule has 6 nitrogen and oxygen atoms in total. The van der Waals surface area contributed by atoms with E-state index in [0.29, 0.717) is 23.0 Å². The molecule has 0 atom stereocenters. The van der Waals surface area contributed by atoms with E-state index < -0.39 is 5.41 Å². The van der Waals surface area contributed by atoms with Crippen molar-refractivity contribution in [3.63, 3.8) is 0 Å². The van der Waals surface area contributed by atoms with E-state index in [2.05, 4.69) is 26.0 Å². The van der Waals surface area contributed by atoms with Gasteiger partial charge in [0, 0.05) is 23.1 Å². The van der Waals surface area contributed by atoms with E-state index in [1.54, 1.807) is 30.3 Å². The van der Waals surface area contributed by atoms with Gasteiger partial charge in [-0.25, -0.2) is 0 Å². The Bertz CT molecular complexity index is 1290. The van der Waals surface area contributed by atoms with Crippen LogP contribution in [0.2, 0.25) is 0 Å². The molecule has 4 aromatic carbocycles. The zero-order valence-corrected chi connectivity index (χ0v) is 18.4. The van der Waals surface area contributed by atoms with E-state index in [9.17, 15) is 10.2 Å². The van der Waals surface area contributed by atoms with E-state index in [0.717, 1.165) is 11.1 Å². The van der Waals surface area contributed by atoms with Crippen LogP contribution in [0, 0.1) is 0 Å². The standard InChI is InChI=1S/C27H26N2O4/c1-27(2,17-6-4-3-5-7-17)21-14-18(32-19-8-11-22(28)24(30)15-19)10-13-26(21)33-20-9-12-23(29)25(31)16-20/h3-16,30-31H,28-29H2,1-2H3. The molecule has 0 unspecified atom stereocenters. The average molecular weight is 443 g/mol. The summed E-state index contributed by atoms with van der Waals surface area (Å²) < 4.78 is 12.2. The summed E-state index contributed by atoms with van der Waals surface area (Å²) in [5.74, 6) is 2.03. The zero-order chi connectivity index (χ0) is 23.6. The Morgan fingerprint density at radius 1 is 0.636 bits per heavy atom.